The summed E-state index contributed by atoms with van der Waals surface area (Å²) in [6.07, 6.45) is 9.88. The first-order valence-electron chi connectivity index (χ1n) is 5.44. The highest BCUT2D eigenvalue weighted by molar-refractivity contribution is 5.78. The maximum Gasteiger partial charge on any atom is 0.133 e. The summed E-state index contributed by atoms with van der Waals surface area (Å²) in [5, 5.41) is 0. The standard InChI is InChI=1S/C12H18O/c1-9(13)6-10-7-11-4-2-3-5-12(11)8-10/h7,11-12H,2-6,8H2,1H3/t11-,12-/m0/s1. The Morgan fingerprint density at radius 2 is 2.23 bits per heavy atom. The summed E-state index contributed by atoms with van der Waals surface area (Å²) in [6, 6.07) is 0. The predicted octanol–water partition coefficient (Wildman–Crippen LogP) is 3.10. The van der Waals surface area contributed by atoms with E-state index in [0.717, 1.165) is 11.8 Å². The van der Waals surface area contributed by atoms with Crippen molar-refractivity contribution in [1.82, 2.24) is 0 Å². The molecule has 0 aromatic carbocycles. The van der Waals surface area contributed by atoms with Gasteiger partial charge in [0.15, 0.2) is 0 Å². The summed E-state index contributed by atoms with van der Waals surface area (Å²) in [7, 11) is 0. The number of carbonyl (C=O) groups excluding carboxylic acids is 1. The summed E-state index contributed by atoms with van der Waals surface area (Å²) in [6.45, 7) is 1.70. The largest absolute Gasteiger partial charge is 0.300 e. The van der Waals surface area contributed by atoms with Crippen LogP contribution in [0.2, 0.25) is 0 Å². The fourth-order valence-electron chi connectivity index (χ4n) is 2.87. The lowest BCUT2D eigenvalue weighted by atomic mass is 9.81. The molecule has 0 unspecified atom stereocenters. The van der Waals surface area contributed by atoms with Gasteiger partial charge in [-0.2, -0.15) is 0 Å². The summed E-state index contributed by atoms with van der Waals surface area (Å²) in [5.74, 6) is 2.04. The lowest BCUT2D eigenvalue weighted by Gasteiger charge is -2.24. The summed E-state index contributed by atoms with van der Waals surface area (Å²) in [5.41, 5.74) is 1.42. The van der Waals surface area contributed by atoms with E-state index >= 15 is 0 Å². The predicted molar refractivity (Wildman–Crippen MR) is 53.4 cm³/mol. The molecule has 2 aliphatic rings. The fourth-order valence-corrected chi connectivity index (χ4v) is 2.87. The van der Waals surface area contributed by atoms with Gasteiger partial charge in [-0.25, -0.2) is 0 Å². The first kappa shape index (κ1) is 8.98. The highest BCUT2D eigenvalue weighted by atomic mass is 16.1. The normalized spacial score (nSPS) is 32.5. The molecular weight excluding hydrogens is 160 g/mol. The molecule has 0 spiro atoms. The van der Waals surface area contributed by atoms with Crippen molar-refractivity contribution in [2.75, 3.05) is 0 Å². The minimum absolute atomic E-state index is 0.324. The van der Waals surface area contributed by atoms with Crippen molar-refractivity contribution in [3.05, 3.63) is 11.6 Å². The number of rotatable bonds is 2. The molecule has 0 amide bonds. The van der Waals surface area contributed by atoms with Crippen molar-refractivity contribution < 1.29 is 4.79 Å². The van der Waals surface area contributed by atoms with Gasteiger partial charge < -0.3 is 0 Å². The van der Waals surface area contributed by atoms with Crippen LogP contribution < -0.4 is 0 Å². The van der Waals surface area contributed by atoms with Crippen molar-refractivity contribution >= 4 is 5.78 Å². The molecule has 0 N–H and O–H groups in total. The molecule has 72 valence electrons. The Hall–Kier alpha value is -0.590. The average molecular weight is 178 g/mol. The van der Waals surface area contributed by atoms with E-state index in [2.05, 4.69) is 6.08 Å². The van der Waals surface area contributed by atoms with Crippen LogP contribution in [-0.2, 0) is 4.79 Å². The second-order valence-electron chi connectivity index (χ2n) is 4.62. The quantitative estimate of drug-likeness (QED) is 0.594. The van der Waals surface area contributed by atoms with Gasteiger partial charge >= 0.3 is 0 Å². The zero-order valence-electron chi connectivity index (χ0n) is 8.38. The Kier molecular flexibility index (Phi) is 2.52. The van der Waals surface area contributed by atoms with Gasteiger partial charge in [-0.15, -0.1) is 0 Å². The minimum Gasteiger partial charge on any atom is -0.300 e. The first-order valence-corrected chi connectivity index (χ1v) is 5.44. The third-order valence-corrected chi connectivity index (χ3v) is 3.42. The maximum atomic E-state index is 11.0. The van der Waals surface area contributed by atoms with Gasteiger partial charge in [0, 0.05) is 6.42 Å². The number of fused-ring (bicyclic) bond motifs is 1. The van der Waals surface area contributed by atoms with E-state index in [9.17, 15) is 4.79 Å². The number of allylic oxidation sites excluding steroid dienone is 2. The third kappa shape index (κ3) is 2.01. The molecule has 0 aromatic rings. The third-order valence-electron chi connectivity index (χ3n) is 3.42. The molecule has 2 aliphatic carbocycles. The van der Waals surface area contributed by atoms with Gasteiger partial charge in [0.2, 0.25) is 0 Å². The van der Waals surface area contributed by atoms with E-state index in [1.807, 2.05) is 0 Å². The average Bonchev–Trinajstić information content (AvgIpc) is 2.44. The topological polar surface area (TPSA) is 17.1 Å². The van der Waals surface area contributed by atoms with Crippen LogP contribution in [0.1, 0.15) is 45.4 Å². The van der Waals surface area contributed by atoms with Gasteiger partial charge in [0.05, 0.1) is 0 Å². The van der Waals surface area contributed by atoms with Crippen molar-refractivity contribution in [1.29, 1.82) is 0 Å². The monoisotopic (exact) mass is 178 g/mol. The van der Waals surface area contributed by atoms with Gasteiger partial charge in [-0.3, -0.25) is 4.79 Å². The highest BCUT2D eigenvalue weighted by Gasteiger charge is 2.29. The summed E-state index contributed by atoms with van der Waals surface area (Å²) < 4.78 is 0. The van der Waals surface area contributed by atoms with Crippen LogP contribution in [0.5, 0.6) is 0 Å². The zero-order valence-corrected chi connectivity index (χ0v) is 8.38. The second-order valence-corrected chi connectivity index (χ2v) is 4.62. The van der Waals surface area contributed by atoms with E-state index in [1.165, 1.54) is 37.7 Å². The van der Waals surface area contributed by atoms with Gasteiger partial charge in [0.25, 0.3) is 0 Å². The van der Waals surface area contributed by atoms with Crippen LogP contribution in [0.3, 0.4) is 0 Å². The van der Waals surface area contributed by atoms with E-state index in [1.54, 1.807) is 6.92 Å². The molecule has 13 heavy (non-hydrogen) atoms. The molecule has 0 saturated heterocycles. The Morgan fingerprint density at radius 1 is 1.46 bits per heavy atom. The van der Waals surface area contributed by atoms with Crippen LogP contribution in [0.25, 0.3) is 0 Å². The van der Waals surface area contributed by atoms with Crippen molar-refractivity contribution in [2.45, 2.75) is 45.4 Å². The molecule has 2 atom stereocenters. The molecule has 1 heteroatoms. The highest BCUT2D eigenvalue weighted by Crippen LogP contribution is 2.41. The smallest absolute Gasteiger partial charge is 0.133 e. The van der Waals surface area contributed by atoms with Gasteiger partial charge in [-0.1, -0.05) is 24.5 Å². The van der Waals surface area contributed by atoms with E-state index in [0.29, 0.717) is 12.2 Å². The summed E-state index contributed by atoms with van der Waals surface area (Å²) >= 11 is 0. The molecule has 2 rings (SSSR count). The lowest BCUT2D eigenvalue weighted by molar-refractivity contribution is -0.116. The molecule has 1 nitrogen and oxygen atoms in total. The number of carbonyl (C=O) groups is 1. The van der Waals surface area contributed by atoms with Gasteiger partial charge in [-0.05, 0) is 38.0 Å². The molecule has 0 bridgehead atoms. The Balaban J connectivity index is 1.97. The Labute approximate surface area is 80.2 Å². The minimum atomic E-state index is 0.324. The molecule has 0 radical (unpaired) electrons. The van der Waals surface area contributed by atoms with Crippen LogP contribution in [-0.4, -0.2) is 5.78 Å². The van der Waals surface area contributed by atoms with E-state index < -0.39 is 0 Å². The molecule has 0 aliphatic heterocycles. The number of ketones is 1. The Bertz CT molecular complexity index is 240. The zero-order chi connectivity index (χ0) is 9.26. The molecule has 0 aromatic heterocycles. The van der Waals surface area contributed by atoms with Crippen molar-refractivity contribution in [3.63, 3.8) is 0 Å². The lowest BCUT2D eigenvalue weighted by Crippen LogP contribution is -2.12. The summed E-state index contributed by atoms with van der Waals surface area (Å²) in [4.78, 5) is 11.0. The van der Waals surface area contributed by atoms with Crippen LogP contribution in [0, 0.1) is 11.8 Å². The molecule has 1 fully saturated rings. The maximum absolute atomic E-state index is 11.0. The molecular formula is C12H18O. The van der Waals surface area contributed by atoms with Crippen molar-refractivity contribution in [2.24, 2.45) is 11.8 Å². The molecule has 1 saturated carbocycles. The van der Waals surface area contributed by atoms with Crippen LogP contribution in [0.15, 0.2) is 11.6 Å². The SMILES string of the molecule is CC(=O)CC1=C[C@@H]2CCCC[C@H]2C1. The number of Topliss-reactive ketones (excluding diaryl/α,β-unsaturated/α-hetero) is 1. The fraction of sp³-hybridized carbons (Fsp3) is 0.750. The van der Waals surface area contributed by atoms with Crippen molar-refractivity contribution in [3.8, 4) is 0 Å². The van der Waals surface area contributed by atoms with Crippen LogP contribution >= 0.6 is 0 Å². The first-order chi connectivity index (χ1) is 6.25. The second kappa shape index (κ2) is 3.65. The Morgan fingerprint density at radius 3 is 2.92 bits per heavy atom. The van der Waals surface area contributed by atoms with E-state index in [4.69, 9.17) is 0 Å². The number of hydrogen-bond acceptors (Lipinski definition) is 1. The van der Waals surface area contributed by atoms with Crippen LogP contribution in [0.4, 0.5) is 0 Å². The van der Waals surface area contributed by atoms with E-state index in [-0.39, 0.29) is 0 Å². The number of hydrogen-bond donors (Lipinski definition) is 0. The van der Waals surface area contributed by atoms with Gasteiger partial charge in [0.1, 0.15) is 5.78 Å². The molecule has 0 heterocycles.